The van der Waals surface area contributed by atoms with Crippen LogP contribution in [0.25, 0.3) is 0 Å². The van der Waals surface area contributed by atoms with E-state index in [1.807, 2.05) is 11.9 Å². The maximum absolute atomic E-state index is 11.4. The second kappa shape index (κ2) is 4.46. The number of aliphatic carboxylic acids is 1. The first kappa shape index (κ1) is 12.4. The van der Waals surface area contributed by atoms with E-state index in [0.717, 1.165) is 6.26 Å². The summed E-state index contributed by atoms with van der Waals surface area (Å²) in [6.45, 7) is 1.48. The SMILES string of the molecule is CN1CCN(S(C)(=O)=O)[C@H](CC(=O)O)C1. The molecule has 1 atom stereocenters. The second-order valence-electron chi connectivity index (χ2n) is 3.89. The lowest BCUT2D eigenvalue weighted by molar-refractivity contribution is -0.138. The number of rotatable bonds is 3. The van der Waals surface area contributed by atoms with Crippen molar-refractivity contribution in [2.75, 3.05) is 32.9 Å². The van der Waals surface area contributed by atoms with E-state index in [-0.39, 0.29) is 6.42 Å². The standard InChI is InChI=1S/C8H16N2O4S/c1-9-3-4-10(15(2,13)14)7(6-9)5-8(11)12/h7H,3-6H2,1-2H3,(H,11,12)/t7-/m1/s1. The lowest BCUT2D eigenvalue weighted by Crippen LogP contribution is -2.54. The van der Waals surface area contributed by atoms with E-state index in [1.165, 1.54) is 4.31 Å². The predicted molar refractivity (Wildman–Crippen MR) is 55.1 cm³/mol. The van der Waals surface area contributed by atoms with Gasteiger partial charge >= 0.3 is 5.97 Å². The largest absolute Gasteiger partial charge is 0.481 e. The molecule has 1 rings (SSSR count). The zero-order valence-corrected chi connectivity index (χ0v) is 9.70. The fraction of sp³-hybridized carbons (Fsp3) is 0.875. The van der Waals surface area contributed by atoms with Gasteiger partial charge in [-0.15, -0.1) is 0 Å². The van der Waals surface area contributed by atoms with Gasteiger partial charge in [0, 0.05) is 25.7 Å². The molecule has 0 saturated carbocycles. The van der Waals surface area contributed by atoms with E-state index in [1.54, 1.807) is 0 Å². The highest BCUT2D eigenvalue weighted by Crippen LogP contribution is 2.15. The number of likely N-dealkylation sites (N-methyl/N-ethyl adjacent to an activating group) is 1. The van der Waals surface area contributed by atoms with Gasteiger partial charge in [-0.3, -0.25) is 4.79 Å². The summed E-state index contributed by atoms with van der Waals surface area (Å²) in [7, 11) is -1.45. The third-order valence-corrected chi connectivity index (χ3v) is 3.80. The van der Waals surface area contributed by atoms with E-state index in [0.29, 0.717) is 19.6 Å². The predicted octanol–water partition coefficient (Wildman–Crippen LogP) is -0.963. The average molecular weight is 236 g/mol. The van der Waals surface area contributed by atoms with Crippen molar-refractivity contribution < 1.29 is 18.3 Å². The molecule has 7 heteroatoms. The van der Waals surface area contributed by atoms with Crippen molar-refractivity contribution in [1.82, 2.24) is 9.21 Å². The minimum Gasteiger partial charge on any atom is -0.481 e. The first-order chi connectivity index (χ1) is 6.80. The van der Waals surface area contributed by atoms with Gasteiger partial charge in [0.2, 0.25) is 10.0 Å². The second-order valence-corrected chi connectivity index (χ2v) is 5.82. The van der Waals surface area contributed by atoms with Crippen LogP contribution in [0.3, 0.4) is 0 Å². The van der Waals surface area contributed by atoms with E-state index in [9.17, 15) is 13.2 Å². The summed E-state index contributed by atoms with van der Waals surface area (Å²) in [4.78, 5) is 12.5. The van der Waals surface area contributed by atoms with Gasteiger partial charge in [0.05, 0.1) is 12.7 Å². The lowest BCUT2D eigenvalue weighted by atomic mass is 10.1. The molecule has 1 saturated heterocycles. The molecule has 0 aliphatic carbocycles. The highest BCUT2D eigenvalue weighted by molar-refractivity contribution is 7.88. The van der Waals surface area contributed by atoms with Crippen molar-refractivity contribution in [3.8, 4) is 0 Å². The van der Waals surface area contributed by atoms with Crippen molar-refractivity contribution in [1.29, 1.82) is 0 Å². The van der Waals surface area contributed by atoms with Crippen molar-refractivity contribution in [2.24, 2.45) is 0 Å². The maximum Gasteiger partial charge on any atom is 0.305 e. The van der Waals surface area contributed by atoms with Crippen LogP contribution >= 0.6 is 0 Å². The molecular weight excluding hydrogens is 220 g/mol. The van der Waals surface area contributed by atoms with Crippen LogP contribution in [0.15, 0.2) is 0 Å². The van der Waals surface area contributed by atoms with Gasteiger partial charge in [0.25, 0.3) is 0 Å². The first-order valence-corrected chi connectivity index (χ1v) is 6.52. The molecule has 0 bridgehead atoms. The van der Waals surface area contributed by atoms with Crippen LogP contribution in [0.2, 0.25) is 0 Å². The molecule has 0 radical (unpaired) electrons. The number of carboxylic acid groups (broad SMARTS) is 1. The lowest BCUT2D eigenvalue weighted by Gasteiger charge is -2.37. The minimum absolute atomic E-state index is 0.141. The fourth-order valence-corrected chi connectivity index (χ4v) is 2.89. The van der Waals surface area contributed by atoms with Crippen LogP contribution in [-0.2, 0) is 14.8 Å². The minimum atomic E-state index is -3.30. The Morgan fingerprint density at radius 2 is 2.07 bits per heavy atom. The molecule has 0 aromatic carbocycles. The summed E-state index contributed by atoms with van der Waals surface area (Å²) in [6.07, 6.45) is 0.977. The molecule has 1 heterocycles. The summed E-state index contributed by atoms with van der Waals surface area (Å²) < 4.78 is 24.1. The molecule has 1 aliphatic rings. The molecule has 1 N–H and O–H groups in total. The smallest absolute Gasteiger partial charge is 0.305 e. The number of nitrogens with zero attached hydrogens (tertiary/aromatic N) is 2. The summed E-state index contributed by atoms with van der Waals surface area (Å²) >= 11 is 0. The molecule has 0 unspecified atom stereocenters. The van der Waals surface area contributed by atoms with Crippen LogP contribution in [0.5, 0.6) is 0 Å². The molecule has 0 aromatic heterocycles. The Morgan fingerprint density at radius 1 is 1.47 bits per heavy atom. The summed E-state index contributed by atoms with van der Waals surface area (Å²) in [5, 5.41) is 8.70. The normalized spacial score (nSPS) is 25.3. The molecule has 6 nitrogen and oxygen atoms in total. The number of sulfonamides is 1. The van der Waals surface area contributed by atoms with E-state index in [4.69, 9.17) is 5.11 Å². The van der Waals surface area contributed by atoms with E-state index in [2.05, 4.69) is 0 Å². The Hall–Kier alpha value is -0.660. The van der Waals surface area contributed by atoms with Gasteiger partial charge in [-0.1, -0.05) is 0 Å². The Balaban J connectivity index is 2.80. The summed E-state index contributed by atoms with van der Waals surface area (Å²) in [6, 6.07) is -0.448. The van der Waals surface area contributed by atoms with Crippen molar-refractivity contribution in [2.45, 2.75) is 12.5 Å². The molecule has 0 aromatic rings. The van der Waals surface area contributed by atoms with Gasteiger partial charge in [-0.25, -0.2) is 8.42 Å². The Kier molecular flexibility index (Phi) is 3.69. The van der Waals surface area contributed by atoms with E-state index >= 15 is 0 Å². The molecule has 0 spiro atoms. The number of piperazine rings is 1. The molecule has 88 valence electrons. The van der Waals surface area contributed by atoms with E-state index < -0.39 is 22.0 Å². The highest BCUT2D eigenvalue weighted by atomic mass is 32.2. The monoisotopic (exact) mass is 236 g/mol. The number of hydrogen-bond acceptors (Lipinski definition) is 4. The van der Waals surface area contributed by atoms with Crippen LogP contribution in [0, 0.1) is 0 Å². The van der Waals surface area contributed by atoms with Crippen molar-refractivity contribution >= 4 is 16.0 Å². The van der Waals surface area contributed by atoms with Crippen LogP contribution in [0.4, 0.5) is 0 Å². The van der Waals surface area contributed by atoms with Gasteiger partial charge in [0.15, 0.2) is 0 Å². The Labute approximate surface area is 89.5 Å². The number of carbonyl (C=O) groups is 1. The average Bonchev–Trinajstić information content (AvgIpc) is 1.99. The van der Waals surface area contributed by atoms with Gasteiger partial charge < -0.3 is 10.0 Å². The summed E-state index contributed by atoms with van der Waals surface area (Å²) in [5.74, 6) is -0.969. The topological polar surface area (TPSA) is 77.9 Å². The Morgan fingerprint density at radius 3 is 2.53 bits per heavy atom. The third kappa shape index (κ3) is 3.44. The molecule has 0 amide bonds. The number of hydrogen-bond donors (Lipinski definition) is 1. The quantitative estimate of drug-likeness (QED) is 0.682. The first-order valence-electron chi connectivity index (χ1n) is 4.68. The molecule has 15 heavy (non-hydrogen) atoms. The molecular formula is C8H16N2O4S. The zero-order valence-electron chi connectivity index (χ0n) is 8.88. The highest BCUT2D eigenvalue weighted by Gasteiger charge is 2.32. The van der Waals surface area contributed by atoms with Gasteiger partial charge in [-0.2, -0.15) is 4.31 Å². The van der Waals surface area contributed by atoms with Crippen molar-refractivity contribution in [3.63, 3.8) is 0 Å². The van der Waals surface area contributed by atoms with Crippen LogP contribution in [-0.4, -0.2) is 67.7 Å². The third-order valence-electron chi connectivity index (χ3n) is 2.47. The molecule has 1 aliphatic heterocycles. The van der Waals surface area contributed by atoms with Gasteiger partial charge in [-0.05, 0) is 7.05 Å². The van der Waals surface area contributed by atoms with Crippen LogP contribution in [0.1, 0.15) is 6.42 Å². The van der Waals surface area contributed by atoms with Crippen molar-refractivity contribution in [3.05, 3.63) is 0 Å². The molecule has 1 fully saturated rings. The summed E-state index contributed by atoms with van der Waals surface area (Å²) in [5.41, 5.74) is 0. The zero-order chi connectivity index (χ0) is 11.6. The van der Waals surface area contributed by atoms with Crippen LogP contribution < -0.4 is 0 Å². The number of carboxylic acids is 1. The van der Waals surface area contributed by atoms with Gasteiger partial charge in [0.1, 0.15) is 0 Å². The fourth-order valence-electron chi connectivity index (χ4n) is 1.80. The maximum atomic E-state index is 11.4. The Bertz CT molecular complexity index is 341.